The van der Waals surface area contributed by atoms with E-state index in [1.165, 1.54) is 5.56 Å². The summed E-state index contributed by atoms with van der Waals surface area (Å²) >= 11 is 7.38. The van der Waals surface area contributed by atoms with Crippen LogP contribution < -0.4 is 10.1 Å². The van der Waals surface area contributed by atoms with Crippen LogP contribution >= 0.6 is 22.9 Å². The fourth-order valence-electron chi connectivity index (χ4n) is 4.13. The minimum atomic E-state index is -1.22. The van der Waals surface area contributed by atoms with Gasteiger partial charge in [-0.2, -0.15) is 0 Å². The summed E-state index contributed by atoms with van der Waals surface area (Å²) in [5.41, 5.74) is 2.82. The zero-order chi connectivity index (χ0) is 24.8. The molecule has 0 bridgehead atoms. The maximum atomic E-state index is 11.6. The van der Waals surface area contributed by atoms with Crippen LogP contribution in [0.5, 0.6) is 5.75 Å². The average molecular weight is 516 g/mol. The monoisotopic (exact) mass is 515 g/mol. The van der Waals surface area contributed by atoms with E-state index in [4.69, 9.17) is 26.2 Å². The molecule has 1 saturated carbocycles. The molecule has 9 heteroatoms. The standard InChI is InChI=1S/C26H26ClNO6S/c27-22-23(34-15-21(29)30)25(26(31)32)35-24(22)17-7-4-8-19(13-17)28-18-9-11-20(12-10-18)33-14-16-5-2-1-3-6-16/h1-8,13,18,20,28H,9-12,14-15H2,(H,29,30)(H,31,32)/t18-,20-. The third kappa shape index (κ3) is 6.54. The summed E-state index contributed by atoms with van der Waals surface area (Å²) in [4.78, 5) is 22.9. The fraction of sp³-hybridized carbons (Fsp3) is 0.308. The van der Waals surface area contributed by atoms with Gasteiger partial charge in [0.1, 0.15) is 5.02 Å². The molecule has 1 aliphatic rings. The molecule has 0 spiro atoms. The van der Waals surface area contributed by atoms with E-state index in [0.29, 0.717) is 17.5 Å². The first-order valence-corrected chi connectivity index (χ1v) is 12.5. The average Bonchev–Trinajstić information content (AvgIpc) is 3.19. The van der Waals surface area contributed by atoms with E-state index in [9.17, 15) is 14.7 Å². The Kier molecular flexibility index (Phi) is 8.28. The quantitative estimate of drug-likeness (QED) is 0.296. The number of aromatic carboxylic acids is 1. The molecule has 1 aromatic heterocycles. The number of benzene rings is 2. The predicted octanol–water partition coefficient (Wildman–Crippen LogP) is 6.17. The van der Waals surface area contributed by atoms with E-state index < -0.39 is 18.5 Å². The van der Waals surface area contributed by atoms with Crippen LogP contribution in [0.15, 0.2) is 54.6 Å². The Labute approximate surface area is 212 Å². The number of ether oxygens (including phenoxy) is 2. The van der Waals surface area contributed by atoms with Crippen LogP contribution in [0, 0.1) is 0 Å². The van der Waals surface area contributed by atoms with Crippen molar-refractivity contribution in [2.45, 2.75) is 44.4 Å². The maximum Gasteiger partial charge on any atom is 0.349 e. The maximum absolute atomic E-state index is 11.6. The van der Waals surface area contributed by atoms with E-state index in [0.717, 1.165) is 48.3 Å². The fourth-order valence-corrected chi connectivity index (χ4v) is 5.54. The highest BCUT2D eigenvalue weighted by molar-refractivity contribution is 7.18. The second-order valence-electron chi connectivity index (χ2n) is 8.39. The summed E-state index contributed by atoms with van der Waals surface area (Å²) in [5.74, 6) is -2.55. The molecule has 0 saturated heterocycles. The molecule has 2 aromatic carbocycles. The Morgan fingerprint density at radius 2 is 1.77 bits per heavy atom. The highest BCUT2D eigenvalue weighted by atomic mass is 35.5. The van der Waals surface area contributed by atoms with Crippen LogP contribution in [0.2, 0.25) is 5.02 Å². The third-order valence-electron chi connectivity index (χ3n) is 5.84. The number of carboxylic acid groups (broad SMARTS) is 2. The number of nitrogens with one attached hydrogen (secondary N) is 1. The van der Waals surface area contributed by atoms with Crippen molar-refractivity contribution in [2.75, 3.05) is 11.9 Å². The molecule has 3 N–H and O–H groups in total. The molecule has 1 aliphatic carbocycles. The Bertz CT molecular complexity index is 1170. The lowest BCUT2D eigenvalue weighted by Crippen LogP contribution is -2.29. The molecule has 0 aliphatic heterocycles. The van der Waals surface area contributed by atoms with E-state index in [2.05, 4.69) is 17.4 Å². The number of rotatable bonds is 10. The first-order chi connectivity index (χ1) is 16.9. The molecule has 0 atom stereocenters. The van der Waals surface area contributed by atoms with Crippen LogP contribution in [0.4, 0.5) is 5.69 Å². The molecule has 3 aromatic rings. The first-order valence-electron chi connectivity index (χ1n) is 11.3. The summed E-state index contributed by atoms with van der Waals surface area (Å²) in [6.45, 7) is -0.0424. The lowest BCUT2D eigenvalue weighted by Gasteiger charge is -2.30. The van der Waals surface area contributed by atoms with Gasteiger partial charge >= 0.3 is 11.9 Å². The van der Waals surface area contributed by atoms with Crippen LogP contribution in [-0.2, 0) is 16.1 Å². The van der Waals surface area contributed by atoms with Gasteiger partial charge in [0.05, 0.1) is 17.6 Å². The highest BCUT2D eigenvalue weighted by Crippen LogP contribution is 2.46. The number of halogens is 1. The normalized spacial score (nSPS) is 17.6. The van der Waals surface area contributed by atoms with E-state index >= 15 is 0 Å². The topological polar surface area (TPSA) is 105 Å². The minimum Gasteiger partial charge on any atom is -0.479 e. The van der Waals surface area contributed by atoms with E-state index in [1.54, 1.807) is 0 Å². The molecule has 1 fully saturated rings. The van der Waals surface area contributed by atoms with Crippen molar-refractivity contribution >= 4 is 40.6 Å². The highest BCUT2D eigenvalue weighted by Gasteiger charge is 2.25. The predicted molar refractivity (Wildman–Crippen MR) is 136 cm³/mol. The van der Waals surface area contributed by atoms with Gasteiger partial charge in [0.15, 0.2) is 17.2 Å². The minimum absolute atomic E-state index is 0.0990. The molecular weight excluding hydrogens is 490 g/mol. The van der Waals surface area contributed by atoms with Gasteiger partial charge in [-0.15, -0.1) is 11.3 Å². The summed E-state index contributed by atoms with van der Waals surface area (Å²) < 4.78 is 11.3. The Morgan fingerprint density at radius 3 is 2.46 bits per heavy atom. The van der Waals surface area contributed by atoms with Crippen LogP contribution in [0.25, 0.3) is 10.4 Å². The Balaban J connectivity index is 1.39. The largest absolute Gasteiger partial charge is 0.479 e. The van der Waals surface area contributed by atoms with Crippen molar-refractivity contribution in [1.82, 2.24) is 0 Å². The lowest BCUT2D eigenvalue weighted by molar-refractivity contribution is -0.139. The molecule has 0 radical (unpaired) electrons. The summed E-state index contributed by atoms with van der Waals surface area (Å²) in [6.07, 6.45) is 4.18. The molecule has 184 valence electrons. The number of carboxylic acids is 2. The first kappa shape index (κ1) is 25.0. The number of hydrogen-bond donors (Lipinski definition) is 3. The van der Waals surface area contributed by atoms with Crippen molar-refractivity contribution in [1.29, 1.82) is 0 Å². The molecule has 0 amide bonds. The number of hydrogen-bond acceptors (Lipinski definition) is 6. The second kappa shape index (κ2) is 11.6. The number of carbonyl (C=O) groups is 2. The van der Waals surface area contributed by atoms with E-state index in [1.807, 2.05) is 42.5 Å². The molecule has 0 unspecified atom stereocenters. The van der Waals surface area contributed by atoms with Gasteiger partial charge in [0, 0.05) is 11.7 Å². The van der Waals surface area contributed by atoms with Gasteiger partial charge in [-0.25, -0.2) is 9.59 Å². The number of thiophene rings is 1. The second-order valence-corrected chi connectivity index (χ2v) is 9.78. The molecule has 4 rings (SSSR count). The zero-order valence-corrected chi connectivity index (χ0v) is 20.5. The van der Waals surface area contributed by atoms with Gasteiger partial charge in [-0.1, -0.05) is 54.1 Å². The van der Waals surface area contributed by atoms with E-state index in [-0.39, 0.29) is 21.8 Å². The summed E-state index contributed by atoms with van der Waals surface area (Å²) in [5, 5.41) is 22.1. The van der Waals surface area contributed by atoms with Gasteiger partial charge in [0.25, 0.3) is 0 Å². The van der Waals surface area contributed by atoms with Gasteiger partial charge in [-0.05, 0) is 48.9 Å². The van der Waals surface area contributed by atoms with Gasteiger partial charge in [-0.3, -0.25) is 0 Å². The smallest absolute Gasteiger partial charge is 0.349 e. The third-order valence-corrected chi connectivity index (χ3v) is 7.52. The van der Waals surface area contributed by atoms with Gasteiger partial charge < -0.3 is 25.0 Å². The zero-order valence-electron chi connectivity index (χ0n) is 18.9. The van der Waals surface area contributed by atoms with Crippen LogP contribution in [0.1, 0.15) is 40.9 Å². The van der Waals surface area contributed by atoms with Gasteiger partial charge in [0.2, 0.25) is 0 Å². The van der Waals surface area contributed by atoms with Crippen LogP contribution in [-0.4, -0.2) is 40.9 Å². The van der Waals surface area contributed by atoms with Crippen molar-refractivity contribution < 1.29 is 29.3 Å². The number of anilines is 1. The van der Waals surface area contributed by atoms with Crippen molar-refractivity contribution in [3.63, 3.8) is 0 Å². The number of aliphatic carboxylic acids is 1. The molecular formula is C26H26ClNO6S. The molecule has 7 nitrogen and oxygen atoms in total. The molecule has 35 heavy (non-hydrogen) atoms. The Hall–Kier alpha value is -3.07. The van der Waals surface area contributed by atoms with Crippen molar-refractivity contribution in [3.8, 4) is 16.2 Å². The van der Waals surface area contributed by atoms with Crippen molar-refractivity contribution in [3.05, 3.63) is 70.1 Å². The SMILES string of the molecule is O=C(O)COc1c(C(=O)O)sc(-c2cccc(N[C@H]3CC[C@H](OCc4ccccc4)CC3)c2)c1Cl. The summed E-state index contributed by atoms with van der Waals surface area (Å²) in [6, 6.07) is 18.1. The Morgan fingerprint density at radius 1 is 1.03 bits per heavy atom. The van der Waals surface area contributed by atoms with Crippen LogP contribution in [0.3, 0.4) is 0 Å². The summed E-state index contributed by atoms with van der Waals surface area (Å²) in [7, 11) is 0. The van der Waals surface area contributed by atoms with Crippen molar-refractivity contribution in [2.24, 2.45) is 0 Å². The molecule has 1 heterocycles. The lowest BCUT2D eigenvalue weighted by atomic mass is 9.92.